The Hall–Kier alpha value is -1.39. The zero-order valence-corrected chi connectivity index (χ0v) is 21.9. The Balaban J connectivity index is 2.23. The number of rotatable bonds is 7. The van der Waals surface area contributed by atoms with Crippen molar-refractivity contribution in [1.29, 1.82) is 0 Å². The van der Waals surface area contributed by atoms with E-state index in [-0.39, 0.29) is 0 Å². The summed E-state index contributed by atoms with van der Waals surface area (Å²) >= 11 is 0. The molecule has 1 radical (unpaired) electrons. The van der Waals surface area contributed by atoms with Crippen molar-refractivity contribution in [2.75, 3.05) is 0 Å². The number of hydrogen-bond acceptors (Lipinski definition) is 0. The molecule has 0 N–H and O–H groups in total. The highest BCUT2D eigenvalue weighted by atomic mass is 28.3. The number of benzene rings is 2. The van der Waals surface area contributed by atoms with Gasteiger partial charge in [-0.05, 0) is 47.1 Å². The van der Waals surface area contributed by atoms with E-state index in [1.165, 1.54) is 52.7 Å². The fourth-order valence-corrected chi connectivity index (χ4v) is 6.69. The number of fused-ring (bicyclic) bond motifs is 1. The maximum Gasteiger partial charge on any atom is 0.0776 e. The van der Waals surface area contributed by atoms with Crippen LogP contribution in [0.2, 0.25) is 39.3 Å². The molecule has 0 saturated carbocycles. The Morgan fingerprint density at radius 1 is 0.793 bits per heavy atom. The zero-order chi connectivity index (χ0) is 21.4. The molecule has 2 aromatic carbocycles. The first-order chi connectivity index (χ1) is 13.5. The van der Waals surface area contributed by atoms with E-state index in [9.17, 15) is 0 Å². The van der Waals surface area contributed by atoms with Gasteiger partial charge in [-0.3, -0.25) is 0 Å². The zero-order valence-electron chi connectivity index (χ0n) is 19.9. The second-order valence-electron chi connectivity index (χ2n) is 10.7. The van der Waals surface area contributed by atoms with E-state index in [2.05, 4.69) is 96.0 Å². The van der Waals surface area contributed by atoms with Crippen LogP contribution in [0.15, 0.2) is 35.9 Å². The summed E-state index contributed by atoms with van der Waals surface area (Å²) in [6.07, 6.45) is 9.72. The normalized spacial score (nSPS) is 14.1. The van der Waals surface area contributed by atoms with Gasteiger partial charge >= 0.3 is 0 Å². The third-order valence-corrected chi connectivity index (χ3v) is 10.2. The standard InChI is InChI=1S/C27H39Si2/c1-9-11-12-20-15-22-14-13-21(10-2)27(26(22)16-20)23-17-24(28(3,4)5)19-25(18-23)29(6,7)8/h13-19H,9-12H2,1-8H3. The highest BCUT2D eigenvalue weighted by molar-refractivity contribution is 6.91. The first kappa shape index (κ1) is 22.3. The predicted octanol–water partition coefficient (Wildman–Crippen LogP) is 7.15. The highest BCUT2D eigenvalue weighted by Gasteiger charge is 2.25. The molecular weight excluding hydrogens is 380 g/mol. The fraction of sp³-hybridized carbons (Fsp3) is 0.444. The van der Waals surface area contributed by atoms with E-state index >= 15 is 0 Å². The van der Waals surface area contributed by atoms with Gasteiger partial charge in [0.25, 0.3) is 0 Å². The van der Waals surface area contributed by atoms with Gasteiger partial charge < -0.3 is 0 Å². The molecule has 0 bridgehead atoms. The lowest BCUT2D eigenvalue weighted by atomic mass is 9.91. The molecule has 0 aliphatic heterocycles. The van der Waals surface area contributed by atoms with Crippen molar-refractivity contribution in [3.8, 4) is 11.1 Å². The van der Waals surface area contributed by atoms with E-state index in [0.717, 1.165) is 6.42 Å². The van der Waals surface area contributed by atoms with Crippen molar-refractivity contribution >= 4 is 32.6 Å². The van der Waals surface area contributed by atoms with Crippen molar-refractivity contribution in [3.63, 3.8) is 0 Å². The first-order valence-corrected chi connectivity index (χ1v) is 18.4. The van der Waals surface area contributed by atoms with Crippen LogP contribution >= 0.6 is 0 Å². The maximum absolute atomic E-state index is 2.55. The molecule has 0 spiro atoms. The monoisotopic (exact) mass is 419 g/mol. The number of unbranched alkanes of at least 4 members (excludes halogenated alkanes) is 1. The molecule has 0 aromatic heterocycles. The van der Waals surface area contributed by atoms with Crippen LogP contribution in [0.25, 0.3) is 17.2 Å². The van der Waals surface area contributed by atoms with Crippen LogP contribution in [0.1, 0.15) is 49.8 Å². The number of allylic oxidation sites excluding steroid dienone is 1. The van der Waals surface area contributed by atoms with Gasteiger partial charge in [0.2, 0.25) is 0 Å². The van der Waals surface area contributed by atoms with Crippen LogP contribution in [0.3, 0.4) is 0 Å². The Morgan fingerprint density at radius 3 is 1.93 bits per heavy atom. The second kappa shape index (κ2) is 8.39. The lowest BCUT2D eigenvalue weighted by Crippen LogP contribution is -2.45. The van der Waals surface area contributed by atoms with Crippen molar-refractivity contribution in [2.24, 2.45) is 0 Å². The lowest BCUT2D eigenvalue weighted by Gasteiger charge is -2.25. The number of hydrogen-bond donors (Lipinski definition) is 0. The third kappa shape index (κ3) is 4.86. The van der Waals surface area contributed by atoms with Gasteiger partial charge in [-0.1, -0.05) is 112 Å². The van der Waals surface area contributed by atoms with Crippen molar-refractivity contribution in [1.82, 2.24) is 0 Å². The molecule has 155 valence electrons. The molecule has 0 heterocycles. The molecule has 0 nitrogen and oxygen atoms in total. The molecule has 0 unspecified atom stereocenters. The minimum atomic E-state index is -1.39. The molecule has 0 atom stereocenters. The summed E-state index contributed by atoms with van der Waals surface area (Å²) in [5.74, 6) is 0. The third-order valence-electron chi connectivity index (χ3n) is 6.19. The van der Waals surface area contributed by atoms with E-state index in [4.69, 9.17) is 0 Å². The van der Waals surface area contributed by atoms with E-state index in [1.807, 2.05) is 0 Å². The highest BCUT2D eigenvalue weighted by Crippen LogP contribution is 2.39. The van der Waals surface area contributed by atoms with Gasteiger partial charge in [0.15, 0.2) is 0 Å². The van der Waals surface area contributed by atoms with E-state index in [1.54, 1.807) is 10.4 Å². The van der Waals surface area contributed by atoms with Gasteiger partial charge in [-0.2, -0.15) is 0 Å². The summed E-state index contributed by atoms with van der Waals surface area (Å²) < 4.78 is 0. The maximum atomic E-state index is 2.55. The summed E-state index contributed by atoms with van der Waals surface area (Å²) in [7, 11) is -2.79. The number of aryl methyl sites for hydroxylation is 1. The van der Waals surface area contributed by atoms with Gasteiger partial charge in [0.05, 0.1) is 16.1 Å². The molecule has 0 saturated heterocycles. The molecule has 1 aliphatic rings. The Labute approximate surface area is 181 Å². The molecule has 3 rings (SSSR count). The largest absolute Gasteiger partial charge is 0.0776 e. The first-order valence-electron chi connectivity index (χ1n) is 11.4. The van der Waals surface area contributed by atoms with Crippen LogP contribution in [-0.2, 0) is 6.42 Å². The Kier molecular flexibility index (Phi) is 6.45. The minimum Gasteiger partial charge on any atom is -0.0656 e. The minimum absolute atomic E-state index is 1.08. The second-order valence-corrected chi connectivity index (χ2v) is 20.9. The van der Waals surface area contributed by atoms with Crippen LogP contribution in [0.4, 0.5) is 0 Å². The summed E-state index contributed by atoms with van der Waals surface area (Å²) in [5.41, 5.74) is 8.81. The smallest absolute Gasteiger partial charge is 0.0656 e. The molecular formula is C27H39Si2. The average molecular weight is 420 g/mol. The molecule has 29 heavy (non-hydrogen) atoms. The molecule has 0 amide bonds. The molecule has 1 aliphatic carbocycles. The Bertz CT molecular complexity index is 889. The summed E-state index contributed by atoms with van der Waals surface area (Å²) in [5, 5.41) is 3.20. The van der Waals surface area contributed by atoms with Crippen LogP contribution < -0.4 is 10.4 Å². The van der Waals surface area contributed by atoms with Crippen LogP contribution in [-0.4, -0.2) is 16.1 Å². The average Bonchev–Trinajstić information content (AvgIpc) is 3.06. The lowest BCUT2D eigenvalue weighted by molar-refractivity contribution is 0.797. The Morgan fingerprint density at radius 2 is 1.41 bits per heavy atom. The SMILES string of the molecule is CCCCC1=Cc2c(ccc(CC)c2-c2cc([Si](C)(C)C)cc([Si](C)(C)C)c2)[CH]1. The van der Waals surface area contributed by atoms with Crippen molar-refractivity contribution in [2.45, 2.75) is 78.8 Å². The quantitative estimate of drug-likeness (QED) is 0.418. The topological polar surface area (TPSA) is 0 Å². The molecule has 2 heteroatoms. The summed E-state index contributed by atoms with van der Waals surface area (Å²) in [4.78, 5) is 0. The van der Waals surface area contributed by atoms with Gasteiger partial charge in [0.1, 0.15) is 0 Å². The molecule has 2 aromatic rings. The van der Waals surface area contributed by atoms with Gasteiger partial charge in [-0.15, -0.1) is 0 Å². The van der Waals surface area contributed by atoms with Crippen LogP contribution in [0, 0.1) is 6.42 Å². The predicted molar refractivity (Wildman–Crippen MR) is 138 cm³/mol. The van der Waals surface area contributed by atoms with Crippen molar-refractivity contribution < 1.29 is 0 Å². The van der Waals surface area contributed by atoms with Crippen LogP contribution in [0.5, 0.6) is 0 Å². The van der Waals surface area contributed by atoms with E-state index < -0.39 is 16.1 Å². The van der Waals surface area contributed by atoms with E-state index in [0.29, 0.717) is 0 Å². The van der Waals surface area contributed by atoms with Crippen molar-refractivity contribution in [3.05, 3.63) is 59.0 Å². The summed E-state index contributed by atoms with van der Waals surface area (Å²) in [6.45, 7) is 19.5. The fourth-order valence-electron chi connectivity index (χ4n) is 4.19. The van der Waals surface area contributed by atoms with Gasteiger partial charge in [-0.25, -0.2) is 0 Å². The molecule has 0 fully saturated rings. The van der Waals surface area contributed by atoms with Gasteiger partial charge in [0, 0.05) is 6.42 Å². The summed E-state index contributed by atoms with van der Waals surface area (Å²) in [6, 6.07) is 12.3.